The zero-order chi connectivity index (χ0) is 12.4. The predicted molar refractivity (Wildman–Crippen MR) is 65.3 cm³/mol. The number of pyridine rings is 1. The lowest BCUT2D eigenvalue weighted by Crippen LogP contribution is -2.06. The Balaban J connectivity index is 2.43. The van der Waals surface area contributed by atoms with E-state index in [1.54, 1.807) is 23.0 Å². The number of aliphatic hydroxyl groups excluding tert-OH is 1. The minimum absolute atomic E-state index is 0.353. The van der Waals surface area contributed by atoms with Crippen LogP contribution in [0, 0.1) is 0 Å². The van der Waals surface area contributed by atoms with Gasteiger partial charge in [0.1, 0.15) is 11.9 Å². The number of hydrogen-bond acceptors (Lipinski definition) is 4. The third-order valence-corrected chi connectivity index (χ3v) is 2.73. The lowest BCUT2D eigenvalue weighted by molar-refractivity contribution is 0.219. The molecule has 0 spiro atoms. The van der Waals surface area contributed by atoms with E-state index < -0.39 is 6.10 Å². The molecule has 3 N–H and O–H groups in total. The number of aliphatic hydroxyl groups is 1. The summed E-state index contributed by atoms with van der Waals surface area (Å²) in [5.74, 6) is 0.353. The normalized spacial score (nSPS) is 12.6. The first-order valence-electron chi connectivity index (χ1n) is 5.54. The first-order chi connectivity index (χ1) is 8.13. The van der Waals surface area contributed by atoms with Crippen molar-refractivity contribution in [3.8, 4) is 0 Å². The Morgan fingerprint density at radius 2 is 2.24 bits per heavy atom. The van der Waals surface area contributed by atoms with Gasteiger partial charge in [-0.05, 0) is 12.5 Å². The highest BCUT2D eigenvalue weighted by atomic mass is 16.3. The van der Waals surface area contributed by atoms with Crippen LogP contribution >= 0.6 is 0 Å². The molecule has 0 radical (unpaired) electrons. The molecular weight excluding hydrogens is 216 g/mol. The van der Waals surface area contributed by atoms with Crippen LogP contribution in [0.15, 0.2) is 24.5 Å². The molecule has 90 valence electrons. The highest BCUT2D eigenvalue weighted by Crippen LogP contribution is 2.27. The molecule has 17 heavy (non-hydrogen) atoms. The molecule has 1 unspecified atom stereocenters. The minimum atomic E-state index is -0.771. The summed E-state index contributed by atoms with van der Waals surface area (Å²) < 4.78 is 1.70. The summed E-state index contributed by atoms with van der Waals surface area (Å²) in [5.41, 5.74) is 8.04. The average Bonchev–Trinajstić information content (AvgIpc) is 2.70. The summed E-state index contributed by atoms with van der Waals surface area (Å²) >= 11 is 0. The summed E-state index contributed by atoms with van der Waals surface area (Å²) in [7, 11) is 1.84. The third-order valence-electron chi connectivity index (χ3n) is 2.73. The van der Waals surface area contributed by atoms with Crippen LogP contribution in [-0.2, 0) is 13.5 Å². The van der Waals surface area contributed by atoms with Gasteiger partial charge in [-0.1, -0.05) is 13.0 Å². The van der Waals surface area contributed by atoms with Crippen molar-refractivity contribution in [2.45, 2.75) is 19.4 Å². The molecule has 0 saturated carbocycles. The lowest BCUT2D eigenvalue weighted by atomic mass is 10.0. The Hall–Kier alpha value is -1.88. The fourth-order valence-corrected chi connectivity index (χ4v) is 1.88. The van der Waals surface area contributed by atoms with Gasteiger partial charge in [0.15, 0.2) is 0 Å². The molecular formula is C12H16N4O. The van der Waals surface area contributed by atoms with Crippen molar-refractivity contribution in [1.29, 1.82) is 0 Å². The predicted octanol–water partition coefficient (Wildman–Crippen LogP) is 1.04. The molecule has 2 aromatic rings. The minimum Gasteiger partial charge on any atom is -0.383 e. The second kappa shape index (κ2) is 4.55. The monoisotopic (exact) mass is 232 g/mol. The highest BCUT2D eigenvalue weighted by Gasteiger charge is 2.19. The van der Waals surface area contributed by atoms with Gasteiger partial charge in [-0.25, -0.2) is 4.98 Å². The van der Waals surface area contributed by atoms with Crippen LogP contribution in [0.25, 0.3) is 0 Å². The largest absolute Gasteiger partial charge is 0.383 e. The van der Waals surface area contributed by atoms with Crippen molar-refractivity contribution in [2.24, 2.45) is 7.05 Å². The summed E-state index contributed by atoms with van der Waals surface area (Å²) in [4.78, 5) is 3.98. The van der Waals surface area contributed by atoms with E-state index in [1.165, 1.54) is 0 Å². The van der Waals surface area contributed by atoms with Gasteiger partial charge in [0, 0.05) is 30.6 Å². The Morgan fingerprint density at radius 1 is 1.47 bits per heavy atom. The fraction of sp³-hybridized carbons (Fsp3) is 0.333. The van der Waals surface area contributed by atoms with Gasteiger partial charge >= 0.3 is 0 Å². The highest BCUT2D eigenvalue weighted by molar-refractivity contribution is 5.44. The van der Waals surface area contributed by atoms with Crippen LogP contribution < -0.4 is 5.73 Å². The SMILES string of the molecule is CCc1nn(C)cc1C(O)c1cccnc1N. The number of aromatic nitrogens is 3. The maximum Gasteiger partial charge on any atom is 0.129 e. The maximum atomic E-state index is 10.3. The van der Waals surface area contributed by atoms with E-state index in [0.717, 1.165) is 17.7 Å². The quantitative estimate of drug-likeness (QED) is 0.829. The van der Waals surface area contributed by atoms with Crippen molar-refractivity contribution >= 4 is 5.82 Å². The fourth-order valence-electron chi connectivity index (χ4n) is 1.88. The van der Waals surface area contributed by atoms with Crippen molar-refractivity contribution in [2.75, 3.05) is 5.73 Å². The third kappa shape index (κ3) is 2.14. The van der Waals surface area contributed by atoms with Crippen molar-refractivity contribution in [3.63, 3.8) is 0 Å². The van der Waals surface area contributed by atoms with E-state index in [9.17, 15) is 5.11 Å². The van der Waals surface area contributed by atoms with Crippen LogP contribution in [0.4, 0.5) is 5.82 Å². The first-order valence-corrected chi connectivity index (χ1v) is 5.54. The number of hydrogen-bond donors (Lipinski definition) is 2. The zero-order valence-corrected chi connectivity index (χ0v) is 9.96. The van der Waals surface area contributed by atoms with Gasteiger partial charge in [-0.15, -0.1) is 0 Å². The summed E-state index contributed by atoms with van der Waals surface area (Å²) in [6, 6.07) is 3.54. The van der Waals surface area contributed by atoms with Gasteiger partial charge in [-0.2, -0.15) is 5.10 Å². The standard InChI is InChI=1S/C12H16N4O/c1-3-10-9(7-16(2)15-10)11(17)8-5-4-6-14-12(8)13/h4-7,11,17H,3H2,1-2H3,(H2,13,14). The summed E-state index contributed by atoms with van der Waals surface area (Å²) in [6.07, 6.45) is 3.42. The van der Waals surface area contributed by atoms with E-state index >= 15 is 0 Å². The molecule has 5 heteroatoms. The number of aryl methyl sites for hydroxylation is 2. The van der Waals surface area contributed by atoms with Crippen LogP contribution in [0.5, 0.6) is 0 Å². The Bertz CT molecular complexity index is 521. The van der Waals surface area contributed by atoms with Crippen LogP contribution in [0.2, 0.25) is 0 Å². The first kappa shape index (κ1) is 11.6. The molecule has 2 rings (SSSR count). The Morgan fingerprint density at radius 3 is 2.88 bits per heavy atom. The molecule has 0 aliphatic carbocycles. The Kier molecular flexibility index (Phi) is 3.10. The molecule has 0 bridgehead atoms. The van der Waals surface area contributed by atoms with Gasteiger partial charge in [-0.3, -0.25) is 4.68 Å². The van der Waals surface area contributed by atoms with Crippen molar-refractivity contribution in [1.82, 2.24) is 14.8 Å². The molecule has 1 atom stereocenters. The van der Waals surface area contributed by atoms with Crippen LogP contribution in [0.3, 0.4) is 0 Å². The van der Waals surface area contributed by atoms with E-state index in [0.29, 0.717) is 11.4 Å². The molecule has 0 saturated heterocycles. The van der Waals surface area contributed by atoms with Crippen LogP contribution in [-0.4, -0.2) is 19.9 Å². The maximum absolute atomic E-state index is 10.3. The number of nitrogens with two attached hydrogens (primary N) is 1. The number of nitrogens with zero attached hydrogens (tertiary/aromatic N) is 3. The van der Waals surface area contributed by atoms with Crippen molar-refractivity contribution < 1.29 is 5.11 Å². The Labute approximate surface area is 99.9 Å². The molecule has 0 aliphatic heterocycles. The lowest BCUT2D eigenvalue weighted by Gasteiger charge is -2.12. The zero-order valence-electron chi connectivity index (χ0n) is 9.96. The smallest absolute Gasteiger partial charge is 0.129 e. The van der Waals surface area contributed by atoms with Gasteiger partial charge in [0.05, 0.1) is 5.69 Å². The molecule has 0 aliphatic rings. The molecule has 2 aromatic heterocycles. The number of anilines is 1. The van der Waals surface area contributed by atoms with Crippen LogP contribution in [0.1, 0.15) is 29.8 Å². The summed E-state index contributed by atoms with van der Waals surface area (Å²) in [6.45, 7) is 2.01. The molecule has 5 nitrogen and oxygen atoms in total. The van der Waals surface area contributed by atoms with E-state index in [-0.39, 0.29) is 0 Å². The second-order valence-corrected chi connectivity index (χ2v) is 3.94. The average molecular weight is 232 g/mol. The molecule has 0 aromatic carbocycles. The van der Waals surface area contributed by atoms with E-state index in [4.69, 9.17) is 5.73 Å². The number of rotatable bonds is 3. The van der Waals surface area contributed by atoms with Gasteiger partial charge in [0.25, 0.3) is 0 Å². The summed E-state index contributed by atoms with van der Waals surface area (Å²) in [5, 5.41) is 14.6. The van der Waals surface area contributed by atoms with E-state index in [1.807, 2.05) is 20.2 Å². The van der Waals surface area contributed by atoms with Crippen molar-refractivity contribution in [3.05, 3.63) is 41.3 Å². The second-order valence-electron chi connectivity index (χ2n) is 3.94. The van der Waals surface area contributed by atoms with Gasteiger partial charge in [0.2, 0.25) is 0 Å². The molecule has 0 amide bonds. The number of nitrogen functional groups attached to an aromatic ring is 1. The van der Waals surface area contributed by atoms with E-state index in [2.05, 4.69) is 10.1 Å². The van der Waals surface area contributed by atoms with Gasteiger partial charge < -0.3 is 10.8 Å². The molecule has 0 fully saturated rings. The topological polar surface area (TPSA) is 77.0 Å². The molecule has 2 heterocycles.